The zero-order valence-electron chi connectivity index (χ0n) is 12.9. The van der Waals surface area contributed by atoms with Crippen LogP contribution in [0.3, 0.4) is 0 Å². The van der Waals surface area contributed by atoms with Gasteiger partial charge in [0.15, 0.2) is 5.75 Å². The second kappa shape index (κ2) is 7.38. The van der Waals surface area contributed by atoms with Crippen molar-refractivity contribution in [1.29, 1.82) is 0 Å². The van der Waals surface area contributed by atoms with Crippen molar-refractivity contribution in [3.8, 4) is 5.75 Å². The van der Waals surface area contributed by atoms with Gasteiger partial charge in [0.05, 0.1) is 6.10 Å². The van der Waals surface area contributed by atoms with Gasteiger partial charge in [-0.05, 0) is 20.3 Å². The lowest BCUT2D eigenvalue weighted by Crippen LogP contribution is -2.19. The zero-order valence-corrected chi connectivity index (χ0v) is 13.8. The molecule has 0 radical (unpaired) electrons. The molecule has 6 heteroatoms. The lowest BCUT2D eigenvalue weighted by atomic mass is 10.3. The van der Waals surface area contributed by atoms with Crippen LogP contribution in [0.5, 0.6) is 5.75 Å². The van der Waals surface area contributed by atoms with Gasteiger partial charge in [-0.1, -0.05) is 13.3 Å². The Morgan fingerprint density at radius 1 is 1.50 bits per heavy atom. The highest BCUT2D eigenvalue weighted by Crippen LogP contribution is 2.45. The van der Waals surface area contributed by atoms with E-state index in [4.69, 9.17) is 10.5 Å². The molecule has 0 aromatic carbocycles. The van der Waals surface area contributed by atoms with E-state index in [1.807, 2.05) is 20.9 Å². The summed E-state index contributed by atoms with van der Waals surface area (Å²) in [5.74, 6) is 0.457. The molecule has 1 aromatic heterocycles. The van der Waals surface area contributed by atoms with Crippen molar-refractivity contribution in [2.75, 3.05) is 31.3 Å². The van der Waals surface area contributed by atoms with Gasteiger partial charge in [0.1, 0.15) is 15.6 Å². The van der Waals surface area contributed by atoms with Crippen molar-refractivity contribution in [3.63, 3.8) is 0 Å². The summed E-state index contributed by atoms with van der Waals surface area (Å²) in [6.45, 7) is 6.97. The number of thiophene rings is 1. The maximum Gasteiger partial charge on any atom is 0.263 e. The minimum absolute atomic E-state index is 0.0164. The van der Waals surface area contributed by atoms with Gasteiger partial charge in [-0.25, -0.2) is 0 Å². The molecule has 3 N–H and O–H groups in total. The fraction of sp³-hybridized carbons (Fsp3) is 0.643. The molecule has 0 aliphatic carbocycles. The van der Waals surface area contributed by atoms with E-state index < -0.39 is 0 Å². The quantitative estimate of drug-likeness (QED) is 0.812. The number of nitrogens with zero attached hydrogens (tertiary/aromatic N) is 1. The van der Waals surface area contributed by atoms with Crippen LogP contribution in [-0.2, 0) is 0 Å². The molecule has 0 saturated carbocycles. The predicted molar refractivity (Wildman–Crippen MR) is 86.1 cm³/mol. The molecule has 0 fully saturated rings. The average molecular weight is 299 g/mol. The van der Waals surface area contributed by atoms with Gasteiger partial charge in [-0.3, -0.25) is 4.79 Å². The maximum absolute atomic E-state index is 11.9. The Labute approximate surface area is 125 Å². The number of rotatable bonds is 7. The predicted octanol–water partition coefficient (Wildman–Crippen LogP) is 2.71. The molecule has 20 heavy (non-hydrogen) atoms. The number of hydrogen-bond donors (Lipinski definition) is 2. The van der Waals surface area contributed by atoms with E-state index in [0.29, 0.717) is 16.3 Å². The van der Waals surface area contributed by atoms with Gasteiger partial charge in [-0.15, -0.1) is 11.3 Å². The normalized spacial score (nSPS) is 10.7. The van der Waals surface area contributed by atoms with Gasteiger partial charge >= 0.3 is 0 Å². The highest BCUT2D eigenvalue weighted by molar-refractivity contribution is 7.19. The van der Waals surface area contributed by atoms with E-state index >= 15 is 0 Å². The van der Waals surface area contributed by atoms with Crippen molar-refractivity contribution in [2.24, 2.45) is 0 Å². The molecule has 114 valence electrons. The number of unbranched alkanes of at least 4 members (excludes halogenated alkanes) is 1. The Morgan fingerprint density at radius 3 is 2.65 bits per heavy atom. The number of ether oxygens (including phenoxy) is 1. The first-order valence-corrected chi connectivity index (χ1v) is 7.76. The minimum Gasteiger partial charge on any atom is -0.486 e. The van der Waals surface area contributed by atoms with Crippen molar-refractivity contribution in [3.05, 3.63) is 4.88 Å². The molecule has 1 aromatic rings. The van der Waals surface area contributed by atoms with Gasteiger partial charge < -0.3 is 20.7 Å². The summed E-state index contributed by atoms with van der Waals surface area (Å²) in [5.41, 5.74) is 6.53. The third-order valence-corrected chi connectivity index (χ3v) is 4.16. The Morgan fingerprint density at radius 2 is 2.15 bits per heavy atom. The Bertz CT molecular complexity index is 458. The van der Waals surface area contributed by atoms with Crippen LogP contribution < -0.4 is 20.7 Å². The van der Waals surface area contributed by atoms with Crippen molar-refractivity contribution < 1.29 is 9.53 Å². The van der Waals surface area contributed by atoms with Crippen LogP contribution in [0.25, 0.3) is 0 Å². The molecule has 0 unspecified atom stereocenters. The molecule has 1 amide bonds. The van der Waals surface area contributed by atoms with E-state index in [-0.39, 0.29) is 12.0 Å². The van der Waals surface area contributed by atoms with Crippen LogP contribution in [0, 0.1) is 0 Å². The van der Waals surface area contributed by atoms with E-state index in [1.165, 1.54) is 11.3 Å². The van der Waals surface area contributed by atoms with Crippen molar-refractivity contribution >= 4 is 27.9 Å². The second-order valence-electron chi connectivity index (χ2n) is 5.00. The fourth-order valence-corrected chi connectivity index (χ4v) is 2.88. The summed E-state index contributed by atoms with van der Waals surface area (Å²) in [4.78, 5) is 14.5. The number of carbonyl (C=O) groups excluding carboxylic acids is 1. The molecule has 0 saturated heterocycles. The fourth-order valence-electron chi connectivity index (χ4n) is 1.80. The van der Waals surface area contributed by atoms with Crippen LogP contribution >= 0.6 is 11.3 Å². The van der Waals surface area contributed by atoms with Crippen LogP contribution in [0.15, 0.2) is 0 Å². The standard InChI is InChI=1S/C14H25N3O2S/c1-6-7-8-17(5)14-11(19-9(2)3)10(15)12(20-14)13(18)16-4/h9H,6-8,15H2,1-5H3,(H,16,18). The highest BCUT2D eigenvalue weighted by Gasteiger charge is 2.24. The average Bonchev–Trinajstić information content (AvgIpc) is 2.72. The van der Waals surface area contributed by atoms with Crippen LogP contribution in [0.1, 0.15) is 43.3 Å². The molecular weight excluding hydrogens is 274 g/mol. The smallest absolute Gasteiger partial charge is 0.263 e. The van der Waals surface area contributed by atoms with E-state index in [2.05, 4.69) is 17.1 Å². The SMILES string of the molecule is CCCCN(C)c1sc(C(=O)NC)c(N)c1OC(C)C. The van der Waals surface area contributed by atoms with Crippen LogP contribution in [0.2, 0.25) is 0 Å². The van der Waals surface area contributed by atoms with Gasteiger partial charge in [0.25, 0.3) is 5.91 Å². The Kier molecular flexibility index (Phi) is 6.13. The minimum atomic E-state index is -0.170. The lowest BCUT2D eigenvalue weighted by Gasteiger charge is -2.20. The summed E-state index contributed by atoms with van der Waals surface area (Å²) >= 11 is 1.38. The Hall–Kier alpha value is -1.43. The molecule has 0 bridgehead atoms. The molecular formula is C14H25N3O2S. The second-order valence-corrected chi connectivity index (χ2v) is 6.00. The Balaban J connectivity index is 3.15. The molecule has 0 aliphatic rings. The monoisotopic (exact) mass is 299 g/mol. The highest BCUT2D eigenvalue weighted by atomic mass is 32.1. The molecule has 0 atom stereocenters. The first kappa shape index (κ1) is 16.6. The van der Waals surface area contributed by atoms with E-state index in [0.717, 1.165) is 24.4 Å². The molecule has 1 rings (SSSR count). The number of hydrogen-bond acceptors (Lipinski definition) is 5. The first-order valence-electron chi connectivity index (χ1n) is 6.94. The maximum atomic E-state index is 11.9. The molecule has 5 nitrogen and oxygen atoms in total. The van der Waals surface area contributed by atoms with Crippen LogP contribution in [0.4, 0.5) is 10.7 Å². The topological polar surface area (TPSA) is 67.6 Å². The van der Waals surface area contributed by atoms with Crippen molar-refractivity contribution in [1.82, 2.24) is 5.32 Å². The van der Waals surface area contributed by atoms with Gasteiger partial charge in [-0.2, -0.15) is 0 Å². The van der Waals surface area contributed by atoms with Gasteiger partial charge in [0.2, 0.25) is 0 Å². The summed E-state index contributed by atoms with van der Waals surface area (Å²) in [6.07, 6.45) is 2.22. The number of amides is 1. The number of carbonyl (C=O) groups is 1. The summed E-state index contributed by atoms with van der Waals surface area (Å²) in [7, 11) is 3.60. The molecule has 0 aliphatic heterocycles. The van der Waals surface area contributed by atoms with Gasteiger partial charge in [0, 0.05) is 20.6 Å². The summed E-state index contributed by atoms with van der Waals surface area (Å²) in [6, 6.07) is 0. The number of nitrogen functional groups attached to an aromatic ring is 1. The third kappa shape index (κ3) is 3.79. The number of nitrogens with one attached hydrogen (secondary N) is 1. The molecule has 0 spiro atoms. The largest absolute Gasteiger partial charge is 0.486 e. The number of nitrogens with two attached hydrogens (primary N) is 1. The van der Waals surface area contributed by atoms with E-state index in [1.54, 1.807) is 7.05 Å². The zero-order chi connectivity index (χ0) is 15.3. The number of anilines is 2. The van der Waals surface area contributed by atoms with Crippen LogP contribution in [-0.4, -0.2) is 32.7 Å². The third-order valence-electron chi connectivity index (χ3n) is 2.86. The summed E-state index contributed by atoms with van der Waals surface area (Å²) < 4.78 is 5.82. The van der Waals surface area contributed by atoms with Crippen molar-refractivity contribution in [2.45, 2.75) is 39.7 Å². The lowest BCUT2D eigenvalue weighted by molar-refractivity contribution is 0.0967. The molecule has 1 heterocycles. The van der Waals surface area contributed by atoms with E-state index in [9.17, 15) is 4.79 Å². The summed E-state index contributed by atoms with van der Waals surface area (Å²) in [5, 5.41) is 3.54. The first-order chi connectivity index (χ1) is 9.42.